The lowest BCUT2D eigenvalue weighted by molar-refractivity contribution is 1.39. The summed E-state index contributed by atoms with van der Waals surface area (Å²) in [4.78, 5) is 10.1. The molecule has 0 fully saturated rings. The lowest BCUT2D eigenvalue weighted by Crippen LogP contribution is -1.82. The van der Waals surface area contributed by atoms with E-state index in [1.54, 1.807) is 12.1 Å². The van der Waals surface area contributed by atoms with Crippen molar-refractivity contribution in [3.05, 3.63) is 34.2 Å². The van der Waals surface area contributed by atoms with Gasteiger partial charge < -0.3 is 0 Å². The van der Waals surface area contributed by atoms with Gasteiger partial charge in [0.2, 0.25) is 0 Å². The molecule has 12 heavy (non-hydrogen) atoms. The minimum absolute atomic E-state index is 0.0107. The molecular formula is C8H3N3O. The van der Waals surface area contributed by atoms with E-state index in [4.69, 9.17) is 10.5 Å². The van der Waals surface area contributed by atoms with E-state index in [1.165, 1.54) is 18.2 Å². The van der Waals surface area contributed by atoms with Gasteiger partial charge in [-0.05, 0) is 17.3 Å². The van der Waals surface area contributed by atoms with Crippen molar-refractivity contribution in [2.75, 3.05) is 0 Å². The van der Waals surface area contributed by atoms with Crippen molar-refractivity contribution in [2.24, 2.45) is 5.18 Å². The van der Waals surface area contributed by atoms with Crippen LogP contribution in [0.5, 0.6) is 0 Å². The number of nitrogens with zero attached hydrogens (tertiary/aromatic N) is 3. The van der Waals surface area contributed by atoms with E-state index in [2.05, 4.69) is 5.18 Å². The molecule has 0 aliphatic heterocycles. The Morgan fingerprint density at radius 1 is 1.25 bits per heavy atom. The molecule has 0 saturated heterocycles. The molecule has 0 bridgehead atoms. The molecule has 0 atom stereocenters. The van der Waals surface area contributed by atoms with E-state index in [9.17, 15) is 4.91 Å². The molecule has 4 heteroatoms. The van der Waals surface area contributed by atoms with Crippen LogP contribution in [0.4, 0.5) is 5.69 Å². The fourth-order valence-electron chi connectivity index (χ4n) is 0.827. The van der Waals surface area contributed by atoms with Gasteiger partial charge in [0.25, 0.3) is 0 Å². The Labute approximate surface area is 68.6 Å². The van der Waals surface area contributed by atoms with Crippen molar-refractivity contribution in [2.45, 2.75) is 0 Å². The number of rotatable bonds is 1. The van der Waals surface area contributed by atoms with Gasteiger partial charge in [0.15, 0.2) is 0 Å². The first-order valence-electron chi connectivity index (χ1n) is 3.10. The van der Waals surface area contributed by atoms with Gasteiger partial charge >= 0.3 is 0 Å². The maximum atomic E-state index is 10.1. The van der Waals surface area contributed by atoms with Crippen LogP contribution in [0, 0.1) is 27.6 Å². The smallest absolute Gasteiger partial charge is 0.127 e. The van der Waals surface area contributed by atoms with Crippen molar-refractivity contribution >= 4 is 5.69 Å². The average molecular weight is 157 g/mol. The molecule has 0 unspecified atom stereocenters. The Hall–Kier alpha value is -2.20. The first kappa shape index (κ1) is 7.90. The molecule has 0 aromatic heterocycles. The van der Waals surface area contributed by atoms with Crippen molar-refractivity contribution < 1.29 is 0 Å². The SMILES string of the molecule is N#Cc1cccc(N=O)c1C#N. The van der Waals surface area contributed by atoms with Gasteiger partial charge in [-0.15, -0.1) is 4.91 Å². The molecule has 1 aromatic carbocycles. The van der Waals surface area contributed by atoms with E-state index in [0.717, 1.165) is 0 Å². The van der Waals surface area contributed by atoms with Crippen LogP contribution in [0.3, 0.4) is 0 Å². The quantitative estimate of drug-likeness (QED) is 0.583. The van der Waals surface area contributed by atoms with Crippen molar-refractivity contribution in [3.8, 4) is 12.1 Å². The minimum atomic E-state index is 0.0107. The monoisotopic (exact) mass is 157 g/mol. The summed E-state index contributed by atoms with van der Waals surface area (Å²) in [7, 11) is 0. The average Bonchev–Trinajstić information content (AvgIpc) is 2.16. The summed E-state index contributed by atoms with van der Waals surface area (Å²) in [6.07, 6.45) is 0. The van der Waals surface area contributed by atoms with Crippen LogP contribution in [-0.2, 0) is 0 Å². The fraction of sp³-hybridized carbons (Fsp3) is 0. The molecular weight excluding hydrogens is 154 g/mol. The number of nitriles is 2. The highest BCUT2D eigenvalue weighted by molar-refractivity contribution is 5.60. The largest absolute Gasteiger partial charge is 0.192 e. The third kappa shape index (κ3) is 1.14. The first-order chi connectivity index (χ1) is 5.83. The Morgan fingerprint density at radius 3 is 2.50 bits per heavy atom. The van der Waals surface area contributed by atoms with E-state index in [-0.39, 0.29) is 16.8 Å². The van der Waals surface area contributed by atoms with Gasteiger partial charge in [-0.2, -0.15) is 10.5 Å². The number of hydrogen-bond acceptors (Lipinski definition) is 4. The predicted octanol–water partition coefficient (Wildman–Crippen LogP) is 1.83. The van der Waals surface area contributed by atoms with Crippen molar-refractivity contribution in [3.63, 3.8) is 0 Å². The zero-order valence-corrected chi connectivity index (χ0v) is 5.98. The molecule has 0 aliphatic rings. The van der Waals surface area contributed by atoms with Crippen LogP contribution in [0.2, 0.25) is 0 Å². The second kappa shape index (κ2) is 3.27. The van der Waals surface area contributed by atoms with Gasteiger partial charge in [-0.1, -0.05) is 6.07 Å². The van der Waals surface area contributed by atoms with Crippen LogP contribution < -0.4 is 0 Å². The molecule has 56 valence electrons. The minimum Gasteiger partial charge on any atom is -0.192 e. The normalized spacial score (nSPS) is 8.17. The molecule has 1 aromatic rings. The van der Waals surface area contributed by atoms with E-state index < -0.39 is 0 Å². The van der Waals surface area contributed by atoms with E-state index in [1.807, 2.05) is 0 Å². The Morgan fingerprint density at radius 2 is 2.00 bits per heavy atom. The number of nitroso groups, excluding NO2 is 1. The Balaban J connectivity index is 3.47. The Bertz CT molecular complexity index is 398. The molecule has 0 radical (unpaired) electrons. The molecule has 0 saturated carbocycles. The molecule has 1 rings (SSSR count). The Kier molecular flexibility index (Phi) is 2.15. The number of hydrogen-bond donors (Lipinski definition) is 0. The maximum absolute atomic E-state index is 10.1. The molecule has 0 heterocycles. The van der Waals surface area contributed by atoms with Gasteiger partial charge in [-0.25, -0.2) is 0 Å². The second-order valence-electron chi connectivity index (χ2n) is 2.01. The fourth-order valence-corrected chi connectivity index (χ4v) is 0.827. The number of benzene rings is 1. The third-order valence-corrected chi connectivity index (χ3v) is 1.37. The van der Waals surface area contributed by atoms with E-state index in [0.29, 0.717) is 0 Å². The summed E-state index contributed by atoms with van der Waals surface area (Å²) in [5.41, 5.74) is 0.223. The van der Waals surface area contributed by atoms with Crippen LogP contribution in [0.15, 0.2) is 23.4 Å². The second-order valence-corrected chi connectivity index (χ2v) is 2.01. The highest BCUT2D eigenvalue weighted by Gasteiger charge is 2.06. The summed E-state index contributed by atoms with van der Waals surface area (Å²) in [5.74, 6) is 0. The van der Waals surface area contributed by atoms with E-state index >= 15 is 0 Å². The standard InChI is InChI=1S/C8H3N3O/c9-4-6-2-1-3-8(11-12)7(6)5-10/h1-3H. The lowest BCUT2D eigenvalue weighted by atomic mass is 10.1. The van der Waals surface area contributed by atoms with Crippen LogP contribution in [-0.4, -0.2) is 0 Å². The molecule has 0 amide bonds. The summed E-state index contributed by atoms with van der Waals surface area (Å²) < 4.78 is 0. The van der Waals surface area contributed by atoms with Crippen LogP contribution >= 0.6 is 0 Å². The first-order valence-corrected chi connectivity index (χ1v) is 3.10. The summed E-state index contributed by atoms with van der Waals surface area (Å²) in [5, 5.41) is 19.7. The third-order valence-electron chi connectivity index (χ3n) is 1.37. The summed E-state index contributed by atoms with van der Waals surface area (Å²) >= 11 is 0. The van der Waals surface area contributed by atoms with Crippen molar-refractivity contribution in [1.29, 1.82) is 10.5 Å². The molecule has 0 aliphatic carbocycles. The van der Waals surface area contributed by atoms with Crippen molar-refractivity contribution in [1.82, 2.24) is 0 Å². The van der Waals surface area contributed by atoms with Crippen LogP contribution in [0.25, 0.3) is 0 Å². The van der Waals surface area contributed by atoms with Gasteiger partial charge in [-0.3, -0.25) is 0 Å². The zero-order chi connectivity index (χ0) is 8.97. The van der Waals surface area contributed by atoms with Gasteiger partial charge in [0.05, 0.1) is 11.1 Å². The summed E-state index contributed by atoms with van der Waals surface area (Å²) in [6, 6.07) is 7.92. The highest BCUT2D eigenvalue weighted by atomic mass is 16.3. The summed E-state index contributed by atoms with van der Waals surface area (Å²) in [6.45, 7) is 0. The van der Waals surface area contributed by atoms with Gasteiger partial charge in [0.1, 0.15) is 17.8 Å². The zero-order valence-electron chi connectivity index (χ0n) is 5.98. The molecule has 0 spiro atoms. The molecule has 0 N–H and O–H groups in total. The van der Waals surface area contributed by atoms with Crippen LogP contribution in [0.1, 0.15) is 11.1 Å². The maximum Gasteiger partial charge on any atom is 0.127 e. The predicted molar refractivity (Wildman–Crippen MR) is 41.3 cm³/mol. The lowest BCUT2D eigenvalue weighted by Gasteiger charge is -1.93. The molecule has 4 nitrogen and oxygen atoms in total. The van der Waals surface area contributed by atoms with Gasteiger partial charge in [0, 0.05) is 0 Å². The highest BCUT2D eigenvalue weighted by Crippen LogP contribution is 2.20. The topological polar surface area (TPSA) is 77.0 Å².